The summed E-state index contributed by atoms with van der Waals surface area (Å²) in [5.74, 6) is 0.558. The van der Waals surface area contributed by atoms with Crippen molar-refractivity contribution in [1.82, 2.24) is 19.6 Å². The van der Waals surface area contributed by atoms with Crippen molar-refractivity contribution in [2.45, 2.75) is 38.3 Å². The van der Waals surface area contributed by atoms with Crippen molar-refractivity contribution in [3.05, 3.63) is 35.2 Å². The summed E-state index contributed by atoms with van der Waals surface area (Å²) < 4.78 is 34.0. The molecule has 1 aromatic carbocycles. The zero-order valence-electron chi connectivity index (χ0n) is 12.3. The highest BCUT2D eigenvalue weighted by Gasteiger charge is 2.21. The molecule has 1 aromatic heterocycles. The Kier molecular flexibility index (Phi) is 4.96. The zero-order chi connectivity index (χ0) is 16.3. The van der Waals surface area contributed by atoms with Gasteiger partial charge in [0.25, 0.3) is 10.2 Å². The molecule has 0 aliphatic heterocycles. The predicted molar refractivity (Wildman–Crippen MR) is 85.9 cm³/mol. The number of halogens is 1. The normalized spacial score (nSPS) is 16.0. The lowest BCUT2D eigenvalue weighted by molar-refractivity contribution is 0.375. The molecule has 2 N–H and O–H groups in total. The van der Waals surface area contributed by atoms with Crippen LogP contribution in [0.25, 0.3) is 11.4 Å². The third-order valence-electron chi connectivity index (χ3n) is 3.64. The number of hydrogen-bond donors (Lipinski definition) is 2. The smallest absolute Gasteiger partial charge is 0.277 e. The van der Waals surface area contributed by atoms with E-state index in [0.29, 0.717) is 16.4 Å². The van der Waals surface area contributed by atoms with Crippen LogP contribution < -0.4 is 9.44 Å². The van der Waals surface area contributed by atoms with E-state index >= 15 is 0 Å². The molecule has 9 heteroatoms. The minimum atomic E-state index is -3.57. The predicted octanol–water partition coefficient (Wildman–Crippen LogP) is 2.26. The summed E-state index contributed by atoms with van der Waals surface area (Å²) in [6.45, 7) is -0.0599. The first kappa shape index (κ1) is 16.4. The number of nitrogens with zero attached hydrogens (tertiary/aromatic N) is 2. The molecule has 3 rings (SSSR count). The second kappa shape index (κ2) is 6.96. The van der Waals surface area contributed by atoms with Gasteiger partial charge in [-0.25, -0.2) is 0 Å². The maximum atomic E-state index is 12.0. The third kappa shape index (κ3) is 4.51. The molecule has 0 atom stereocenters. The molecule has 0 unspecified atom stereocenters. The molecular weight excluding hydrogens is 340 g/mol. The molecule has 124 valence electrons. The quantitative estimate of drug-likeness (QED) is 0.827. The first-order valence-electron chi connectivity index (χ1n) is 7.37. The fourth-order valence-corrected chi connectivity index (χ4v) is 3.79. The molecule has 0 bridgehead atoms. The van der Waals surface area contributed by atoms with E-state index in [2.05, 4.69) is 19.6 Å². The van der Waals surface area contributed by atoms with E-state index in [0.717, 1.165) is 25.7 Å². The Balaban J connectivity index is 1.60. The van der Waals surface area contributed by atoms with Crippen molar-refractivity contribution < 1.29 is 12.9 Å². The van der Waals surface area contributed by atoms with Crippen molar-refractivity contribution >= 4 is 21.8 Å². The van der Waals surface area contributed by atoms with E-state index in [-0.39, 0.29) is 18.5 Å². The maximum absolute atomic E-state index is 12.0. The molecular formula is C14H17ClN4O3S. The fourth-order valence-electron chi connectivity index (χ4n) is 2.53. The SMILES string of the molecule is O=S(=O)(NCc1nc(-c2cccc(Cl)c2)no1)NC1CCCC1. The van der Waals surface area contributed by atoms with Gasteiger partial charge in [0.15, 0.2) is 0 Å². The van der Waals surface area contributed by atoms with E-state index in [1.807, 2.05) is 0 Å². The van der Waals surface area contributed by atoms with E-state index in [4.69, 9.17) is 16.1 Å². The molecule has 2 aromatic rings. The van der Waals surface area contributed by atoms with E-state index in [9.17, 15) is 8.42 Å². The Morgan fingerprint density at radius 3 is 2.83 bits per heavy atom. The monoisotopic (exact) mass is 356 g/mol. The summed E-state index contributed by atoms with van der Waals surface area (Å²) in [6.07, 6.45) is 3.86. The lowest BCUT2D eigenvalue weighted by atomic mass is 10.2. The number of benzene rings is 1. The van der Waals surface area contributed by atoms with Gasteiger partial charge in [0.05, 0.1) is 6.54 Å². The van der Waals surface area contributed by atoms with Crippen LogP contribution in [0.2, 0.25) is 5.02 Å². The first-order chi connectivity index (χ1) is 11.0. The van der Waals surface area contributed by atoms with Gasteiger partial charge < -0.3 is 4.52 Å². The largest absolute Gasteiger partial charge is 0.338 e. The van der Waals surface area contributed by atoms with Crippen LogP contribution in [0.1, 0.15) is 31.6 Å². The van der Waals surface area contributed by atoms with E-state index in [1.54, 1.807) is 24.3 Å². The van der Waals surface area contributed by atoms with Gasteiger partial charge in [-0.05, 0) is 25.0 Å². The van der Waals surface area contributed by atoms with E-state index in [1.165, 1.54) is 0 Å². The summed E-state index contributed by atoms with van der Waals surface area (Å²) in [6, 6.07) is 7.04. The van der Waals surface area contributed by atoms with Crippen molar-refractivity contribution in [2.75, 3.05) is 0 Å². The number of nitrogens with one attached hydrogen (secondary N) is 2. The average molecular weight is 357 g/mol. The second-order valence-corrected chi connectivity index (χ2v) is 7.41. The van der Waals surface area contributed by atoms with Crippen LogP contribution >= 0.6 is 11.6 Å². The van der Waals surface area contributed by atoms with Gasteiger partial charge in [-0.15, -0.1) is 0 Å². The second-order valence-electron chi connectivity index (χ2n) is 5.45. The molecule has 0 radical (unpaired) electrons. The van der Waals surface area contributed by atoms with Crippen LogP contribution in [0.5, 0.6) is 0 Å². The summed E-state index contributed by atoms with van der Waals surface area (Å²) in [7, 11) is -3.57. The van der Waals surface area contributed by atoms with Gasteiger partial charge in [0.1, 0.15) is 0 Å². The molecule has 1 aliphatic rings. The molecule has 7 nitrogen and oxygen atoms in total. The zero-order valence-corrected chi connectivity index (χ0v) is 13.9. The summed E-state index contributed by atoms with van der Waals surface area (Å²) in [5, 5.41) is 4.40. The van der Waals surface area contributed by atoms with Gasteiger partial charge in [-0.2, -0.15) is 22.8 Å². The highest BCUT2D eigenvalue weighted by molar-refractivity contribution is 7.87. The number of hydrogen-bond acceptors (Lipinski definition) is 5. The van der Waals surface area contributed by atoms with E-state index < -0.39 is 10.2 Å². The molecule has 1 fully saturated rings. The molecule has 1 aliphatic carbocycles. The highest BCUT2D eigenvalue weighted by Crippen LogP contribution is 2.20. The number of rotatable bonds is 6. The van der Waals surface area contributed by atoms with Crippen molar-refractivity contribution in [2.24, 2.45) is 0 Å². The topological polar surface area (TPSA) is 97.1 Å². The van der Waals surface area contributed by atoms with Crippen LogP contribution in [0.15, 0.2) is 28.8 Å². The van der Waals surface area contributed by atoms with Crippen molar-refractivity contribution in [3.8, 4) is 11.4 Å². The molecule has 0 spiro atoms. The van der Waals surface area contributed by atoms with Gasteiger partial charge in [0.2, 0.25) is 11.7 Å². The molecule has 0 saturated heterocycles. The van der Waals surface area contributed by atoms with Crippen LogP contribution in [0.4, 0.5) is 0 Å². The Morgan fingerprint density at radius 1 is 1.30 bits per heavy atom. The van der Waals surface area contributed by atoms with Gasteiger partial charge >= 0.3 is 0 Å². The average Bonchev–Trinajstić information content (AvgIpc) is 3.16. The standard InChI is InChI=1S/C14H17ClN4O3S/c15-11-5-3-4-10(8-11)14-17-13(22-18-14)9-16-23(20,21)19-12-6-1-2-7-12/h3-5,8,12,16,19H,1-2,6-7,9H2. The summed E-state index contributed by atoms with van der Waals surface area (Å²) >= 11 is 5.92. The summed E-state index contributed by atoms with van der Waals surface area (Å²) in [5.41, 5.74) is 0.708. The van der Waals surface area contributed by atoms with Gasteiger partial charge in [0, 0.05) is 16.6 Å². The Bertz CT molecular complexity index is 772. The van der Waals surface area contributed by atoms with Crippen molar-refractivity contribution in [3.63, 3.8) is 0 Å². The Morgan fingerprint density at radius 2 is 2.09 bits per heavy atom. The first-order valence-corrected chi connectivity index (χ1v) is 9.23. The van der Waals surface area contributed by atoms with Crippen LogP contribution in [0.3, 0.4) is 0 Å². The maximum Gasteiger partial charge on any atom is 0.277 e. The lowest BCUT2D eigenvalue weighted by Crippen LogP contribution is -2.41. The van der Waals surface area contributed by atoms with Crippen LogP contribution in [-0.2, 0) is 16.8 Å². The minimum Gasteiger partial charge on any atom is -0.338 e. The molecule has 1 saturated carbocycles. The molecule has 0 amide bonds. The third-order valence-corrected chi connectivity index (χ3v) is 5.04. The van der Waals surface area contributed by atoms with Gasteiger partial charge in [-0.3, -0.25) is 0 Å². The highest BCUT2D eigenvalue weighted by atomic mass is 35.5. The molecule has 23 heavy (non-hydrogen) atoms. The van der Waals surface area contributed by atoms with Crippen LogP contribution in [0, 0.1) is 0 Å². The molecule has 1 heterocycles. The lowest BCUT2D eigenvalue weighted by Gasteiger charge is -2.12. The minimum absolute atomic E-state index is 0.0113. The number of aromatic nitrogens is 2. The fraction of sp³-hybridized carbons (Fsp3) is 0.429. The van der Waals surface area contributed by atoms with Gasteiger partial charge in [-0.1, -0.05) is 41.7 Å². The van der Waals surface area contributed by atoms with Crippen LogP contribution in [-0.4, -0.2) is 24.6 Å². The summed E-state index contributed by atoms with van der Waals surface area (Å²) in [4.78, 5) is 4.17. The van der Waals surface area contributed by atoms with Crippen molar-refractivity contribution in [1.29, 1.82) is 0 Å². The Hall–Kier alpha value is -1.48. The Labute approximate surface area is 139 Å².